The van der Waals surface area contributed by atoms with Crippen LogP contribution >= 0.6 is 0 Å². The van der Waals surface area contributed by atoms with Gasteiger partial charge in [0, 0.05) is 56.5 Å². The highest BCUT2D eigenvalue weighted by Crippen LogP contribution is 2.28. The third kappa shape index (κ3) is 3.67. The SMILES string of the molecule is N[C@@H]1CCC[C@H]1CC(=O)N1CCN(c2cccc([N+](=O)[O-])c2)CC1. The first-order valence-corrected chi connectivity index (χ1v) is 8.57. The molecule has 0 radical (unpaired) electrons. The molecule has 1 aromatic rings. The average molecular weight is 332 g/mol. The van der Waals surface area contributed by atoms with Crippen LogP contribution in [-0.2, 0) is 4.79 Å². The molecule has 2 fully saturated rings. The van der Waals surface area contributed by atoms with Crippen LogP contribution in [0.4, 0.5) is 11.4 Å². The number of nitro groups is 1. The highest BCUT2D eigenvalue weighted by atomic mass is 16.6. The summed E-state index contributed by atoms with van der Waals surface area (Å²) in [5.41, 5.74) is 7.00. The third-order valence-electron chi connectivity index (χ3n) is 5.19. The summed E-state index contributed by atoms with van der Waals surface area (Å²) in [7, 11) is 0. The second-order valence-corrected chi connectivity index (χ2v) is 6.70. The Morgan fingerprint density at radius 3 is 2.62 bits per heavy atom. The molecule has 130 valence electrons. The minimum absolute atomic E-state index is 0.0984. The average Bonchev–Trinajstić information content (AvgIpc) is 3.00. The van der Waals surface area contributed by atoms with Crippen LogP contribution < -0.4 is 10.6 Å². The summed E-state index contributed by atoms with van der Waals surface area (Å²) in [6.45, 7) is 2.71. The van der Waals surface area contributed by atoms with Gasteiger partial charge in [-0.3, -0.25) is 14.9 Å². The van der Waals surface area contributed by atoms with E-state index in [-0.39, 0.29) is 22.6 Å². The second kappa shape index (κ2) is 7.17. The van der Waals surface area contributed by atoms with Crippen molar-refractivity contribution in [2.45, 2.75) is 31.7 Å². The molecule has 2 N–H and O–H groups in total. The Kier molecular flexibility index (Phi) is 4.99. The fourth-order valence-electron chi connectivity index (χ4n) is 3.69. The van der Waals surface area contributed by atoms with Gasteiger partial charge >= 0.3 is 0 Å². The molecule has 0 spiro atoms. The number of rotatable bonds is 4. The molecule has 0 unspecified atom stereocenters. The van der Waals surface area contributed by atoms with E-state index in [1.807, 2.05) is 11.0 Å². The lowest BCUT2D eigenvalue weighted by Gasteiger charge is -2.36. The van der Waals surface area contributed by atoms with Crippen molar-refractivity contribution >= 4 is 17.3 Å². The number of amides is 1. The van der Waals surface area contributed by atoms with E-state index in [9.17, 15) is 14.9 Å². The molecule has 7 nitrogen and oxygen atoms in total. The summed E-state index contributed by atoms with van der Waals surface area (Å²) >= 11 is 0. The van der Waals surface area contributed by atoms with Gasteiger partial charge in [-0.2, -0.15) is 0 Å². The predicted octanol–water partition coefficient (Wildman–Crippen LogP) is 1.76. The Morgan fingerprint density at radius 2 is 2.00 bits per heavy atom. The minimum Gasteiger partial charge on any atom is -0.368 e. The maximum Gasteiger partial charge on any atom is 0.271 e. The molecular weight excluding hydrogens is 308 g/mol. The zero-order chi connectivity index (χ0) is 17.1. The number of carbonyl (C=O) groups is 1. The lowest BCUT2D eigenvalue weighted by atomic mass is 9.99. The van der Waals surface area contributed by atoms with Crippen molar-refractivity contribution in [1.29, 1.82) is 0 Å². The van der Waals surface area contributed by atoms with Gasteiger partial charge in [-0.1, -0.05) is 12.5 Å². The van der Waals surface area contributed by atoms with Gasteiger partial charge in [0.2, 0.25) is 5.91 Å². The minimum atomic E-state index is -0.381. The monoisotopic (exact) mass is 332 g/mol. The maximum absolute atomic E-state index is 12.4. The van der Waals surface area contributed by atoms with E-state index in [1.54, 1.807) is 12.1 Å². The summed E-state index contributed by atoms with van der Waals surface area (Å²) in [4.78, 5) is 27.0. The molecule has 1 aliphatic carbocycles. The van der Waals surface area contributed by atoms with Gasteiger partial charge in [0.05, 0.1) is 4.92 Å². The number of piperazine rings is 1. The van der Waals surface area contributed by atoms with Crippen LogP contribution in [-0.4, -0.2) is 48.0 Å². The van der Waals surface area contributed by atoms with E-state index in [2.05, 4.69) is 4.90 Å². The summed E-state index contributed by atoms with van der Waals surface area (Å²) in [5, 5.41) is 10.9. The van der Waals surface area contributed by atoms with E-state index >= 15 is 0 Å². The van der Waals surface area contributed by atoms with Crippen LogP contribution in [0.2, 0.25) is 0 Å². The topological polar surface area (TPSA) is 92.7 Å². The van der Waals surface area contributed by atoms with E-state index < -0.39 is 0 Å². The van der Waals surface area contributed by atoms with Gasteiger partial charge in [-0.25, -0.2) is 0 Å². The Morgan fingerprint density at radius 1 is 1.25 bits per heavy atom. The number of nitrogens with zero attached hydrogens (tertiary/aromatic N) is 3. The third-order valence-corrected chi connectivity index (χ3v) is 5.19. The number of nitrogens with two attached hydrogens (primary N) is 1. The van der Waals surface area contributed by atoms with Gasteiger partial charge in [-0.05, 0) is 24.8 Å². The molecule has 2 aliphatic rings. The number of carbonyl (C=O) groups excluding carboxylic acids is 1. The van der Waals surface area contributed by atoms with Crippen LogP contribution in [0.3, 0.4) is 0 Å². The predicted molar refractivity (Wildman–Crippen MR) is 91.8 cm³/mol. The molecule has 1 saturated carbocycles. The van der Waals surface area contributed by atoms with E-state index in [4.69, 9.17) is 5.73 Å². The number of non-ortho nitro benzene ring substituents is 1. The van der Waals surface area contributed by atoms with Crippen LogP contribution in [0.25, 0.3) is 0 Å². The zero-order valence-corrected chi connectivity index (χ0v) is 13.8. The molecule has 24 heavy (non-hydrogen) atoms. The van der Waals surface area contributed by atoms with Crippen LogP contribution in [0.15, 0.2) is 24.3 Å². The van der Waals surface area contributed by atoms with Crippen molar-refractivity contribution in [2.75, 3.05) is 31.1 Å². The Balaban J connectivity index is 1.54. The van der Waals surface area contributed by atoms with Gasteiger partial charge in [-0.15, -0.1) is 0 Å². The Bertz CT molecular complexity index is 614. The Labute approximate surface area is 141 Å². The molecular formula is C17H24N4O3. The fourth-order valence-corrected chi connectivity index (χ4v) is 3.69. The largest absolute Gasteiger partial charge is 0.368 e. The summed E-state index contributed by atoms with van der Waals surface area (Å²) < 4.78 is 0. The zero-order valence-electron chi connectivity index (χ0n) is 13.8. The number of hydrogen-bond acceptors (Lipinski definition) is 5. The quantitative estimate of drug-likeness (QED) is 0.670. The van der Waals surface area contributed by atoms with Crippen molar-refractivity contribution < 1.29 is 9.72 Å². The summed E-state index contributed by atoms with van der Waals surface area (Å²) in [6.07, 6.45) is 3.76. The normalized spacial score (nSPS) is 24.2. The van der Waals surface area contributed by atoms with Crippen LogP contribution in [0, 0.1) is 16.0 Å². The van der Waals surface area contributed by atoms with Crippen molar-refractivity contribution in [1.82, 2.24) is 4.90 Å². The van der Waals surface area contributed by atoms with Gasteiger partial charge in [0.1, 0.15) is 0 Å². The van der Waals surface area contributed by atoms with Gasteiger partial charge in [0.25, 0.3) is 5.69 Å². The first kappa shape index (κ1) is 16.7. The molecule has 7 heteroatoms. The highest BCUT2D eigenvalue weighted by molar-refractivity contribution is 5.77. The standard InChI is InChI=1S/C17H24N4O3/c18-16-6-1-3-13(16)11-17(22)20-9-7-19(8-10-20)14-4-2-5-15(12-14)21(23)24/h2,4-5,12-13,16H,1,3,6-11,18H2/t13-,16+/m0/s1. The molecule has 3 rings (SSSR count). The van der Waals surface area contributed by atoms with Crippen molar-refractivity contribution in [3.05, 3.63) is 34.4 Å². The van der Waals surface area contributed by atoms with E-state index in [0.29, 0.717) is 38.5 Å². The lowest BCUT2D eigenvalue weighted by Crippen LogP contribution is -2.49. The molecule has 1 amide bonds. The van der Waals surface area contributed by atoms with Gasteiger partial charge in [0.15, 0.2) is 0 Å². The highest BCUT2D eigenvalue weighted by Gasteiger charge is 2.29. The first-order chi connectivity index (χ1) is 11.5. The number of benzene rings is 1. The molecule has 1 heterocycles. The van der Waals surface area contributed by atoms with E-state index in [1.165, 1.54) is 6.07 Å². The second-order valence-electron chi connectivity index (χ2n) is 6.70. The van der Waals surface area contributed by atoms with Crippen LogP contribution in [0.1, 0.15) is 25.7 Å². The van der Waals surface area contributed by atoms with Crippen LogP contribution in [0.5, 0.6) is 0 Å². The number of nitro benzene ring substituents is 1. The summed E-state index contributed by atoms with van der Waals surface area (Å²) in [6, 6.07) is 6.83. The van der Waals surface area contributed by atoms with Crippen molar-refractivity contribution in [3.8, 4) is 0 Å². The molecule has 1 saturated heterocycles. The Hall–Kier alpha value is -2.15. The summed E-state index contributed by atoms with van der Waals surface area (Å²) in [5.74, 6) is 0.517. The molecule has 0 aromatic heterocycles. The van der Waals surface area contributed by atoms with Crippen molar-refractivity contribution in [2.24, 2.45) is 11.7 Å². The first-order valence-electron chi connectivity index (χ1n) is 8.57. The molecule has 0 bridgehead atoms. The molecule has 1 aromatic carbocycles. The lowest BCUT2D eigenvalue weighted by molar-refractivity contribution is -0.384. The van der Waals surface area contributed by atoms with Crippen molar-refractivity contribution in [3.63, 3.8) is 0 Å². The molecule has 1 aliphatic heterocycles. The maximum atomic E-state index is 12.4. The number of anilines is 1. The number of hydrogen-bond donors (Lipinski definition) is 1. The van der Waals surface area contributed by atoms with Gasteiger partial charge < -0.3 is 15.5 Å². The van der Waals surface area contributed by atoms with E-state index in [0.717, 1.165) is 24.9 Å². The molecule has 2 atom stereocenters. The smallest absolute Gasteiger partial charge is 0.271 e. The fraction of sp³-hybridized carbons (Fsp3) is 0.588.